The van der Waals surface area contributed by atoms with E-state index in [1.807, 2.05) is 0 Å². The van der Waals surface area contributed by atoms with Crippen LogP contribution in [0.25, 0.3) is 10.9 Å². The number of hydrogen-bond donors (Lipinski definition) is 1. The molecule has 7 nitrogen and oxygen atoms in total. The third-order valence-electron chi connectivity index (χ3n) is 2.64. The highest BCUT2D eigenvalue weighted by Crippen LogP contribution is 2.33. The lowest BCUT2D eigenvalue weighted by Crippen LogP contribution is -2.04. The minimum Gasteiger partial charge on any atom is -0.496 e. The molecule has 0 aliphatic carbocycles. The SMILES string of the molecule is CCOC(=O)c1cc2c(OC)ccc([N+](=O)[O-])c2[nH]1. The number of rotatable bonds is 4. The number of carbonyl (C=O) groups is 1. The number of methoxy groups -OCH3 is 1. The molecule has 1 N–H and O–H groups in total. The van der Waals surface area contributed by atoms with Crippen LogP contribution in [-0.4, -0.2) is 29.6 Å². The summed E-state index contributed by atoms with van der Waals surface area (Å²) in [6.07, 6.45) is 0. The van der Waals surface area contributed by atoms with Crippen LogP contribution < -0.4 is 4.74 Å². The number of benzene rings is 1. The van der Waals surface area contributed by atoms with Gasteiger partial charge in [-0.1, -0.05) is 0 Å². The maximum Gasteiger partial charge on any atom is 0.354 e. The number of nitro benzene ring substituents is 1. The Bertz CT molecular complexity index is 647. The van der Waals surface area contributed by atoms with Crippen molar-refractivity contribution in [3.05, 3.63) is 34.0 Å². The minimum atomic E-state index is -0.560. The van der Waals surface area contributed by atoms with E-state index in [1.54, 1.807) is 6.92 Å². The molecule has 0 fully saturated rings. The quantitative estimate of drug-likeness (QED) is 0.519. The van der Waals surface area contributed by atoms with Crippen LogP contribution in [0.5, 0.6) is 5.75 Å². The number of aromatic nitrogens is 1. The summed E-state index contributed by atoms with van der Waals surface area (Å²) in [7, 11) is 1.46. The van der Waals surface area contributed by atoms with Crippen LogP contribution in [-0.2, 0) is 4.74 Å². The fourth-order valence-electron chi connectivity index (χ4n) is 1.83. The number of non-ortho nitro benzene ring substituents is 1. The van der Waals surface area contributed by atoms with Gasteiger partial charge in [0.1, 0.15) is 17.0 Å². The van der Waals surface area contributed by atoms with Crippen molar-refractivity contribution in [1.29, 1.82) is 0 Å². The maximum atomic E-state index is 11.6. The Hall–Kier alpha value is -2.57. The van der Waals surface area contributed by atoms with Crippen molar-refractivity contribution in [3.63, 3.8) is 0 Å². The summed E-state index contributed by atoms with van der Waals surface area (Å²) in [5.41, 5.74) is 0.281. The zero-order valence-corrected chi connectivity index (χ0v) is 10.4. The molecule has 0 radical (unpaired) electrons. The number of nitro groups is 1. The second-order valence-corrected chi connectivity index (χ2v) is 3.74. The first kappa shape index (κ1) is 12.9. The van der Waals surface area contributed by atoms with Crippen LogP contribution in [0.2, 0.25) is 0 Å². The van der Waals surface area contributed by atoms with Gasteiger partial charge >= 0.3 is 5.97 Å². The van der Waals surface area contributed by atoms with Gasteiger partial charge in [-0.15, -0.1) is 0 Å². The van der Waals surface area contributed by atoms with E-state index in [0.29, 0.717) is 11.1 Å². The van der Waals surface area contributed by atoms with E-state index in [-0.39, 0.29) is 23.5 Å². The molecule has 0 amide bonds. The third-order valence-corrected chi connectivity index (χ3v) is 2.64. The fraction of sp³-hybridized carbons (Fsp3) is 0.250. The lowest BCUT2D eigenvalue weighted by atomic mass is 10.2. The summed E-state index contributed by atoms with van der Waals surface area (Å²) in [5.74, 6) is -0.109. The molecule has 1 heterocycles. The molecular formula is C12H12N2O5. The van der Waals surface area contributed by atoms with E-state index in [2.05, 4.69) is 4.98 Å². The van der Waals surface area contributed by atoms with Gasteiger partial charge < -0.3 is 14.5 Å². The second-order valence-electron chi connectivity index (χ2n) is 3.74. The number of aromatic amines is 1. The Balaban J connectivity index is 2.64. The predicted molar refractivity (Wildman–Crippen MR) is 67.5 cm³/mol. The molecule has 100 valence electrons. The van der Waals surface area contributed by atoms with E-state index in [1.165, 1.54) is 25.3 Å². The van der Waals surface area contributed by atoms with Crippen molar-refractivity contribution in [1.82, 2.24) is 4.98 Å². The Morgan fingerprint density at radius 1 is 1.47 bits per heavy atom. The summed E-state index contributed by atoms with van der Waals surface area (Å²) < 4.78 is 9.97. The van der Waals surface area contributed by atoms with Crippen molar-refractivity contribution < 1.29 is 19.2 Å². The van der Waals surface area contributed by atoms with Crippen LogP contribution in [0.3, 0.4) is 0 Å². The summed E-state index contributed by atoms with van der Waals surface area (Å²) >= 11 is 0. The van der Waals surface area contributed by atoms with Gasteiger partial charge in [0.25, 0.3) is 5.69 Å². The van der Waals surface area contributed by atoms with E-state index in [9.17, 15) is 14.9 Å². The number of ether oxygens (including phenoxy) is 2. The van der Waals surface area contributed by atoms with Gasteiger partial charge in [0.15, 0.2) is 0 Å². The molecule has 2 rings (SSSR count). The van der Waals surface area contributed by atoms with Crippen LogP contribution in [0.4, 0.5) is 5.69 Å². The minimum absolute atomic E-state index is 0.119. The molecule has 0 spiro atoms. The number of fused-ring (bicyclic) bond motifs is 1. The molecular weight excluding hydrogens is 252 g/mol. The fourth-order valence-corrected chi connectivity index (χ4v) is 1.83. The highest BCUT2D eigenvalue weighted by molar-refractivity contribution is 6.00. The molecule has 0 unspecified atom stereocenters. The monoisotopic (exact) mass is 264 g/mol. The Kier molecular flexibility index (Phi) is 3.37. The van der Waals surface area contributed by atoms with Crippen molar-refractivity contribution in [2.24, 2.45) is 0 Å². The van der Waals surface area contributed by atoms with E-state index in [0.717, 1.165) is 0 Å². The second kappa shape index (κ2) is 4.97. The summed E-state index contributed by atoms with van der Waals surface area (Å²) in [6.45, 7) is 1.91. The first-order chi connectivity index (χ1) is 9.08. The lowest BCUT2D eigenvalue weighted by molar-refractivity contribution is -0.383. The Morgan fingerprint density at radius 3 is 2.79 bits per heavy atom. The number of nitrogens with one attached hydrogen (secondary N) is 1. The number of H-pyrrole nitrogens is 1. The average Bonchev–Trinajstić information content (AvgIpc) is 2.82. The standard InChI is InChI=1S/C12H12N2O5/c1-3-19-12(15)8-6-7-10(18-2)5-4-9(14(16)17)11(7)13-8/h4-6,13H,3H2,1-2H3. The van der Waals surface area contributed by atoms with Gasteiger partial charge in [-0.3, -0.25) is 10.1 Å². The Labute approximate surface area is 108 Å². The van der Waals surface area contributed by atoms with Gasteiger partial charge in [0.2, 0.25) is 0 Å². The van der Waals surface area contributed by atoms with Crippen LogP contribution in [0, 0.1) is 10.1 Å². The predicted octanol–water partition coefficient (Wildman–Crippen LogP) is 2.26. The van der Waals surface area contributed by atoms with Crippen molar-refractivity contribution in [2.75, 3.05) is 13.7 Å². The molecule has 2 aromatic rings. The lowest BCUT2D eigenvalue weighted by Gasteiger charge is -2.01. The molecule has 0 saturated carbocycles. The first-order valence-corrected chi connectivity index (χ1v) is 5.59. The van der Waals surface area contributed by atoms with Crippen molar-refractivity contribution in [2.45, 2.75) is 6.92 Å². The molecule has 1 aromatic carbocycles. The van der Waals surface area contributed by atoms with Gasteiger partial charge in [-0.05, 0) is 19.1 Å². The average molecular weight is 264 g/mol. The normalized spacial score (nSPS) is 10.4. The van der Waals surface area contributed by atoms with E-state index >= 15 is 0 Å². The molecule has 0 aliphatic heterocycles. The molecule has 7 heteroatoms. The largest absolute Gasteiger partial charge is 0.496 e. The molecule has 0 atom stereocenters. The molecule has 0 bridgehead atoms. The third kappa shape index (κ3) is 2.22. The molecule has 0 aliphatic rings. The van der Waals surface area contributed by atoms with E-state index in [4.69, 9.17) is 9.47 Å². The summed E-state index contributed by atoms with van der Waals surface area (Å²) in [5, 5.41) is 11.4. The van der Waals surface area contributed by atoms with Crippen LogP contribution >= 0.6 is 0 Å². The highest BCUT2D eigenvalue weighted by atomic mass is 16.6. The molecule has 1 aromatic heterocycles. The van der Waals surface area contributed by atoms with Crippen LogP contribution in [0.15, 0.2) is 18.2 Å². The molecule has 19 heavy (non-hydrogen) atoms. The highest BCUT2D eigenvalue weighted by Gasteiger charge is 2.20. The van der Waals surface area contributed by atoms with E-state index < -0.39 is 10.9 Å². The molecule has 0 saturated heterocycles. The summed E-state index contributed by atoms with van der Waals surface area (Å²) in [6, 6.07) is 4.30. The number of hydrogen-bond acceptors (Lipinski definition) is 5. The first-order valence-electron chi connectivity index (χ1n) is 5.59. The summed E-state index contributed by atoms with van der Waals surface area (Å²) in [4.78, 5) is 24.8. The number of esters is 1. The van der Waals surface area contributed by atoms with Crippen molar-refractivity contribution in [3.8, 4) is 5.75 Å². The Morgan fingerprint density at radius 2 is 2.21 bits per heavy atom. The van der Waals surface area contributed by atoms with Crippen molar-refractivity contribution >= 4 is 22.6 Å². The number of nitrogens with zero attached hydrogens (tertiary/aromatic N) is 1. The van der Waals surface area contributed by atoms with Gasteiger partial charge in [0, 0.05) is 11.5 Å². The zero-order valence-electron chi connectivity index (χ0n) is 10.4. The van der Waals surface area contributed by atoms with Gasteiger partial charge in [-0.2, -0.15) is 0 Å². The van der Waals surface area contributed by atoms with Gasteiger partial charge in [-0.25, -0.2) is 4.79 Å². The maximum absolute atomic E-state index is 11.6. The number of carbonyl (C=O) groups excluding carboxylic acids is 1. The zero-order chi connectivity index (χ0) is 14.0. The topological polar surface area (TPSA) is 94.5 Å². The van der Waals surface area contributed by atoms with Gasteiger partial charge in [0.05, 0.1) is 18.6 Å². The smallest absolute Gasteiger partial charge is 0.354 e. The van der Waals surface area contributed by atoms with Crippen LogP contribution in [0.1, 0.15) is 17.4 Å².